The van der Waals surface area contributed by atoms with E-state index in [9.17, 15) is 9.90 Å². The maximum absolute atomic E-state index is 10.8. The first-order valence-corrected chi connectivity index (χ1v) is 5.36. The van der Waals surface area contributed by atoms with Crippen LogP contribution in [0.5, 0.6) is 5.75 Å². The Labute approximate surface area is 84.7 Å². The number of aromatic hydroxyl groups is 1. The highest BCUT2D eigenvalue weighted by Crippen LogP contribution is 2.37. The molecule has 2 rings (SSSR count). The number of carbonyl (C=O) groups is 1. The van der Waals surface area contributed by atoms with Gasteiger partial charge in [-0.05, 0) is 18.6 Å². The summed E-state index contributed by atoms with van der Waals surface area (Å²) in [5, 5.41) is 22.1. The molecule has 0 aliphatic carbocycles. The van der Waals surface area contributed by atoms with Gasteiger partial charge in [0.1, 0.15) is 0 Å². The first-order valence-electron chi connectivity index (χ1n) is 4.31. The van der Waals surface area contributed by atoms with Gasteiger partial charge in [-0.2, -0.15) is 5.10 Å². The van der Waals surface area contributed by atoms with E-state index in [0.717, 1.165) is 18.6 Å². The van der Waals surface area contributed by atoms with Gasteiger partial charge in [0.05, 0.1) is 11.6 Å². The standard InChI is InChI=1S/C8H10N2O3S/c11-5-4-9-10(7(5)8(12)13)6-2-1-3-14-6/h4,6,11H,1-3H2,(H,12,13). The molecule has 1 saturated heterocycles. The molecule has 0 amide bonds. The molecule has 76 valence electrons. The van der Waals surface area contributed by atoms with Crippen LogP contribution < -0.4 is 0 Å². The Morgan fingerprint density at radius 3 is 3.07 bits per heavy atom. The highest BCUT2D eigenvalue weighted by molar-refractivity contribution is 7.99. The van der Waals surface area contributed by atoms with E-state index in [-0.39, 0.29) is 16.8 Å². The second-order valence-corrected chi connectivity index (χ2v) is 4.38. The Morgan fingerprint density at radius 2 is 2.50 bits per heavy atom. The van der Waals surface area contributed by atoms with Crippen molar-refractivity contribution in [2.45, 2.75) is 18.2 Å². The molecule has 14 heavy (non-hydrogen) atoms. The maximum Gasteiger partial charge on any atom is 0.358 e. The average molecular weight is 214 g/mol. The highest BCUT2D eigenvalue weighted by Gasteiger charge is 2.25. The van der Waals surface area contributed by atoms with Gasteiger partial charge in [0.15, 0.2) is 11.4 Å². The fraction of sp³-hybridized carbons (Fsp3) is 0.500. The summed E-state index contributed by atoms with van der Waals surface area (Å²) in [4.78, 5) is 10.8. The topological polar surface area (TPSA) is 75.3 Å². The van der Waals surface area contributed by atoms with E-state index in [1.165, 1.54) is 10.9 Å². The zero-order valence-corrected chi connectivity index (χ0v) is 8.20. The lowest BCUT2D eigenvalue weighted by Gasteiger charge is -2.10. The minimum absolute atomic E-state index is 0.0574. The Morgan fingerprint density at radius 1 is 1.71 bits per heavy atom. The molecule has 6 heteroatoms. The molecule has 0 spiro atoms. The van der Waals surface area contributed by atoms with Crippen molar-refractivity contribution in [1.29, 1.82) is 0 Å². The van der Waals surface area contributed by atoms with Crippen LogP contribution in [0.3, 0.4) is 0 Å². The molecule has 1 aliphatic rings. The average Bonchev–Trinajstić information content (AvgIpc) is 2.70. The summed E-state index contributed by atoms with van der Waals surface area (Å²) >= 11 is 1.67. The van der Waals surface area contributed by atoms with Crippen LogP contribution in [-0.4, -0.2) is 31.7 Å². The third kappa shape index (κ3) is 1.45. The molecule has 0 radical (unpaired) electrons. The summed E-state index contributed by atoms with van der Waals surface area (Å²) in [6.07, 6.45) is 3.16. The van der Waals surface area contributed by atoms with Crippen LogP contribution in [0.2, 0.25) is 0 Å². The summed E-state index contributed by atoms with van der Waals surface area (Å²) in [5.74, 6) is -0.373. The second kappa shape index (κ2) is 3.53. The Hall–Kier alpha value is -1.17. The third-order valence-corrected chi connectivity index (χ3v) is 3.50. The van der Waals surface area contributed by atoms with Crippen molar-refractivity contribution in [3.63, 3.8) is 0 Å². The molecule has 1 atom stereocenters. The summed E-state index contributed by atoms with van der Waals surface area (Å²) in [6.45, 7) is 0. The van der Waals surface area contributed by atoms with Crippen LogP contribution in [0.4, 0.5) is 0 Å². The Kier molecular flexibility index (Phi) is 2.37. The Bertz CT molecular complexity index is 357. The minimum Gasteiger partial charge on any atom is -0.504 e. The summed E-state index contributed by atoms with van der Waals surface area (Å²) in [5.41, 5.74) is -0.107. The number of rotatable bonds is 2. The number of aromatic nitrogens is 2. The predicted molar refractivity (Wildman–Crippen MR) is 51.6 cm³/mol. The summed E-state index contributed by atoms with van der Waals surface area (Å²) in [6, 6.07) is 0. The lowest BCUT2D eigenvalue weighted by Crippen LogP contribution is -2.12. The van der Waals surface area contributed by atoms with E-state index in [1.54, 1.807) is 11.8 Å². The maximum atomic E-state index is 10.8. The van der Waals surface area contributed by atoms with Crippen molar-refractivity contribution in [3.8, 4) is 5.75 Å². The molecule has 0 bridgehead atoms. The third-order valence-electron chi connectivity index (χ3n) is 2.16. The monoisotopic (exact) mass is 214 g/mol. The van der Waals surface area contributed by atoms with Gasteiger partial charge in [0, 0.05) is 0 Å². The molecule has 1 unspecified atom stereocenters. The lowest BCUT2D eigenvalue weighted by molar-refractivity contribution is 0.0679. The van der Waals surface area contributed by atoms with E-state index in [2.05, 4.69) is 5.10 Å². The van der Waals surface area contributed by atoms with Gasteiger partial charge in [-0.15, -0.1) is 11.8 Å². The van der Waals surface area contributed by atoms with Crippen LogP contribution in [0.1, 0.15) is 28.7 Å². The molecule has 2 N–H and O–H groups in total. The lowest BCUT2D eigenvalue weighted by atomic mass is 10.3. The number of aromatic carboxylic acids is 1. The minimum atomic E-state index is -1.13. The molecule has 1 aromatic heterocycles. The van der Waals surface area contributed by atoms with Gasteiger partial charge in [0.25, 0.3) is 0 Å². The predicted octanol–water partition coefficient (Wildman–Crippen LogP) is 1.31. The first kappa shape index (κ1) is 9.39. The van der Waals surface area contributed by atoms with Crippen molar-refractivity contribution in [2.75, 3.05) is 5.75 Å². The second-order valence-electron chi connectivity index (χ2n) is 3.10. The number of carboxylic acid groups (broad SMARTS) is 1. The zero-order valence-electron chi connectivity index (χ0n) is 7.38. The van der Waals surface area contributed by atoms with Crippen molar-refractivity contribution < 1.29 is 15.0 Å². The van der Waals surface area contributed by atoms with E-state index >= 15 is 0 Å². The fourth-order valence-electron chi connectivity index (χ4n) is 1.53. The van der Waals surface area contributed by atoms with Crippen LogP contribution in [0, 0.1) is 0 Å². The smallest absolute Gasteiger partial charge is 0.358 e. The molecule has 0 saturated carbocycles. The van der Waals surface area contributed by atoms with E-state index in [4.69, 9.17) is 5.11 Å². The van der Waals surface area contributed by atoms with Crippen LogP contribution in [0.25, 0.3) is 0 Å². The van der Waals surface area contributed by atoms with E-state index in [1.807, 2.05) is 0 Å². The highest BCUT2D eigenvalue weighted by atomic mass is 32.2. The molecular formula is C8H10N2O3S. The van der Waals surface area contributed by atoms with E-state index < -0.39 is 5.97 Å². The van der Waals surface area contributed by atoms with Crippen molar-refractivity contribution in [1.82, 2.24) is 9.78 Å². The Balaban J connectivity index is 2.37. The fourth-order valence-corrected chi connectivity index (χ4v) is 2.77. The number of hydrogen-bond acceptors (Lipinski definition) is 4. The molecule has 1 fully saturated rings. The SMILES string of the molecule is O=C(O)c1c(O)cnn1C1CCCS1. The molecule has 5 nitrogen and oxygen atoms in total. The van der Waals surface area contributed by atoms with Gasteiger partial charge in [-0.1, -0.05) is 0 Å². The van der Waals surface area contributed by atoms with Crippen molar-refractivity contribution in [3.05, 3.63) is 11.9 Å². The number of carboxylic acids is 1. The van der Waals surface area contributed by atoms with Gasteiger partial charge < -0.3 is 10.2 Å². The van der Waals surface area contributed by atoms with Gasteiger partial charge in [-0.3, -0.25) is 0 Å². The molecule has 1 aliphatic heterocycles. The quantitative estimate of drug-likeness (QED) is 0.776. The molecular weight excluding hydrogens is 204 g/mol. The first-order chi connectivity index (χ1) is 6.70. The zero-order chi connectivity index (χ0) is 10.1. The van der Waals surface area contributed by atoms with Gasteiger partial charge in [0.2, 0.25) is 0 Å². The number of hydrogen-bond donors (Lipinski definition) is 2. The largest absolute Gasteiger partial charge is 0.504 e. The molecule has 1 aromatic rings. The van der Waals surface area contributed by atoms with Crippen LogP contribution >= 0.6 is 11.8 Å². The van der Waals surface area contributed by atoms with Gasteiger partial charge in [-0.25, -0.2) is 9.48 Å². The van der Waals surface area contributed by atoms with E-state index in [0.29, 0.717) is 0 Å². The molecule has 0 aromatic carbocycles. The van der Waals surface area contributed by atoms with Crippen LogP contribution in [0.15, 0.2) is 6.20 Å². The molecule has 2 heterocycles. The van der Waals surface area contributed by atoms with Crippen LogP contribution in [-0.2, 0) is 0 Å². The normalized spacial score (nSPS) is 21.3. The summed E-state index contributed by atoms with van der Waals surface area (Å²) < 4.78 is 1.40. The number of thioether (sulfide) groups is 1. The van der Waals surface area contributed by atoms with Crippen molar-refractivity contribution in [2.24, 2.45) is 0 Å². The number of nitrogens with zero attached hydrogens (tertiary/aromatic N) is 2. The van der Waals surface area contributed by atoms with Crippen molar-refractivity contribution >= 4 is 17.7 Å². The van der Waals surface area contributed by atoms with Gasteiger partial charge >= 0.3 is 5.97 Å². The summed E-state index contributed by atoms with van der Waals surface area (Å²) in [7, 11) is 0.